The molecule has 1 aromatic rings. The van der Waals surface area contributed by atoms with E-state index in [4.69, 9.17) is 5.73 Å². The number of thioether (sulfide) groups is 1. The summed E-state index contributed by atoms with van der Waals surface area (Å²) in [7, 11) is 0. The number of carbonyl (C=O) groups is 1. The number of hydrogen-bond donors (Lipinski definition) is 2. The van der Waals surface area contributed by atoms with Crippen LogP contribution in [0.25, 0.3) is 0 Å². The minimum absolute atomic E-state index is 0.0943. The number of benzene rings is 1. The van der Waals surface area contributed by atoms with E-state index in [0.29, 0.717) is 11.8 Å². The van der Waals surface area contributed by atoms with Gasteiger partial charge in [0.1, 0.15) is 11.6 Å². The molecule has 0 aliphatic carbocycles. The lowest BCUT2D eigenvalue weighted by Crippen LogP contribution is -2.34. The summed E-state index contributed by atoms with van der Waals surface area (Å²) in [5.41, 5.74) is 4.81. The maximum absolute atomic E-state index is 13.4. The standard InChI is InChI=1S/C11H14F2N2OS/c1-6(5-17-2)15-11(16)7-3-10(14)9(13)4-8(7)12/h3-4,6H,5,14H2,1-2H3,(H,15,16). The molecule has 1 unspecified atom stereocenters. The van der Waals surface area contributed by atoms with Crippen LogP contribution >= 0.6 is 11.8 Å². The molecule has 0 radical (unpaired) electrons. The number of nitrogen functional groups attached to an aromatic ring is 1. The monoisotopic (exact) mass is 260 g/mol. The fraction of sp³-hybridized carbons (Fsp3) is 0.364. The first-order valence-electron chi connectivity index (χ1n) is 5.00. The van der Waals surface area contributed by atoms with Crippen LogP contribution in [0.1, 0.15) is 17.3 Å². The van der Waals surface area contributed by atoms with Gasteiger partial charge in [-0.05, 0) is 19.2 Å². The number of anilines is 1. The summed E-state index contributed by atoms with van der Waals surface area (Å²) < 4.78 is 26.3. The Balaban J connectivity index is 2.86. The lowest BCUT2D eigenvalue weighted by atomic mass is 10.1. The predicted octanol–water partition coefficient (Wildman–Crippen LogP) is 2.03. The van der Waals surface area contributed by atoms with Crippen LogP contribution in [-0.4, -0.2) is 24.0 Å². The van der Waals surface area contributed by atoms with Gasteiger partial charge >= 0.3 is 0 Å². The van der Waals surface area contributed by atoms with E-state index in [1.54, 1.807) is 18.7 Å². The molecule has 0 heterocycles. The van der Waals surface area contributed by atoms with E-state index >= 15 is 0 Å². The second kappa shape index (κ2) is 5.86. The lowest BCUT2D eigenvalue weighted by molar-refractivity contribution is 0.0939. The first-order chi connectivity index (χ1) is 7.95. The Kier molecular flexibility index (Phi) is 4.74. The van der Waals surface area contributed by atoms with Crippen LogP contribution in [0.5, 0.6) is 0 Å². The largest absolute Gasteiger partial charge is 0.396 e. The van der Waals surface area contributed by atoms with E-state index in [1.807, 2.05) is 6.26 Å². The number of carbonyl (C=O) groups excluding carboxylic acids is 1. The summed E-state index contributed by atoms with van der Waals surface area (Å²) >= 11 is 1.56. The van der Waals surface area contributed by atoms with Gasteiger partial charge in [-0.2, -0.15) is 11.8 Å². The maximum Gasteiger partial charge on any atom is 0.254 e. The van der Waals surface area contributed by atoms with Gasteiger partial charge in [-0.15, -0.1) is 0 Å². The summed E-state index contributed by atoms with van der Waals surface area (Å²) in [4.78, 5) is 11.7. The summed E-state index contributed by atoms with van der Waals surface area (Å²) in [5.74, 6) is -1.65. The number of halogens is 2. The quantitative estimate of drug-likeness (QED) is 0.814. The molecule has 0 saturated heterocycles. The Bertz CT molecular complexity index is 426. The van der Waals surface area contributed by atoms with Gasteiger partial charge in [0.2, 0.25) is 0 Å². The van der Waals surface area contributed by atoms with Crippen LogP contribution < -0.4 is 11.1 Å². The molecule has 0 aromatic heterocycles. The van der Waals surface area contributed by atoms with Crippen molar-refractivity contribution in [2.45, 2.75) is 13.0 Å². The highest BCUT2D eigenvalue weighted by Gasteiger charge is 2.16. The first-order valence-corrected chi connectivity index (χ1v) is 6.39. The lowest BCUT2D eigenvalue weighted by Gasteiger charge is -2.13. The number of amides is 1. The van der Waals surface area contributed by atoms with E-state index in [-0.39, 0.29) is 17.3 Å². The minimum Gasteiger partial charge on any atom is -0.396 e. The molecule has 0 aliphatic heterocycles. The van der Waals surface area contributed by atoms with Crippen molar-refractivity contribution in [3.8, 4) is 0 Å². The number of hydrogen-bond acceptors (Lipinski definition) is 3. The smallest absolute Gasteiger partial charge is 0.254 e. The highest BCUT2D eigenvalue weighted by Crippen LogP contribution is 2.16. The Labute approximate surface area is 103 Å². The number of nitrogens with two attached hydrogens (primary N) is 1. The fourth-order valence-corrected chi connectivity index (χ4v) is 1.92. The van der Waals surface area contributed by atoms with Crippen molar-refractivity contribution in [1.29, 1.82) is 0 Å². The third kappa shape index (κ3) is 3.59. The Morgan fingerprint density at radius 1 is 1.47 bits per heavy atom. The van der Waals surface area contributed by atoms with Gasteiger partial charge in [0.25, 0.3) is 5.91 Å². The van der Waals surface area contributed by atoms with E-state index in [0.717, 1.165) is 6.07 Å². The molecule has 0 fully saturated rings. The molecule has 0 aliphatic rings. The molecule has 6 heteroatoms. The van der Waals surface area contributed by atoms with E-state index in [2.05, 4.69) is 5.32 Å². The van der Waals surface area contributed by atoms with Gasteiger partial charge in [0.15, 0.2) is 0 Å². The van der Waals surface area contributed by atoms with Crippen LogP contribution in [0.2, 0.25) is 0 Å². The van der Waals surface area contributed by atoms with Gasteiger partial charge in [0.05, 0.1) is 11.3 Å². The zero-order valence-electron chi connectivity index (χ0n) is 9.59. The van der Waals surface area contributed by atoms with Gasteiger partial charge < -0.3 is 11.1 Å². The van der Waals surface area contributed by atoms with Gasteiger partial charge in [-0.25, -0.2) is 8.78 Å². The van der Waals surface area contributed by atoms with E-state index in [9.17, 15) is 13.6 Å². The molecule has 3 N–H and O–H groups in total. The molecule has 0 bridgehead atoms. The Morgan fingerprint density at radius 2 is 2.12 bits per heavy atom. The molecule has 1 amide bonds. The molecule has 17 heavy (non-hydrogen) atoms. The molecular formula is C11H14F2N2OS. The van der Waals surface area contributed by atoms with Crippen molar-refractivity contribution in [3.63, 3.8) is 0 Å². The van der Waals surface area contributed by atoms with Crippen LogP contribution in [0, 0.1) is 11.6 Å². The summed E-state index contributed by atoms with van der Waals surface area (Å²) in [6.07, 6.45) is 1.90. The van der Waals surface area contributed by atoms with Crippen molar-refractivity contribution < 1.29 is 13.6 Å². The third-order valence-electron chi connectivity index (χ3n) is 2.13. The third-order valence-corrected chi connectivity index (χ3v) is 2.96. The molecule has 1 rings (SSSR count). The number of nitrogens with one attached hydrogen (secondary N) is 1. The zero-order chi connectivity index (χ0) is 13.0. The molecule has 1 atom stereocenters. The molecule has 3 nitrogen and oxygen atoms in total. The van der Waals surface area contributed by atoms with Gasteiger partial charge in [0, 0.05) is 17.9 Å². The van der Waals surface area contributed by atoms with Crippen LogP contribution in [0.3, 0.4) is 0 Å². The SMILES string of the molecule is CSCC(C)NC(=O)c1cc(N)c(F)cc1F. The predicted molar refractivity (Wildman–Crippen MR) is 66.1 cm³/mol. The second-order valence-electron chi connectivity index (χ2n) is 3.68. The average Bonchev–Trinajstić information content (AvgIpc) is 2.23. The average molecular weight is 260 g/mol. The van der Waals surface area contributed by atoms with Crippen LogP contribution in [0.4, 0.5) is 14.5 Å². The molecular weight excluding hydrogens is 246 g/mol. The molecule has 94 valence electrons. The van der Waals surface area contributed by atoms with E-state index < -0.39 is 17.5 Å². The maximum atomic E-state index is 13.4. The topological polar surface area (TPSA) is 55.1 Å². The van der Waals surface area contributed by atoms with E-state index in [1.165, 1.54) is 0 Å². The Hall–Kier alpha value is -1.30. The van der Waals surface area contributed by atoms with Crippen molar-refractivity contribution >= 4 is 23.4 Å². The summed E-state index contributed by atoms with van der Waals surface area (Å²) in [6.45, 7) is 1.80. The van der Waals surface area contributed by atoms with Crippen molar-refractivity contribution in [1.82, 2.24) is 5.32 Å². The first kappa shape index (κ1) is 13.8. The Morgan fingerprint density at radius 3 is 2.71 bits per heavy atom. The number of rotatable bonds is 4. The molecule has 1 aromatic carbocycles. The minimum atomic E-state index is -0.912. The van der Waals surface area contributed by atoms with Crippen molar-refractivity contribution in [2.75, 3.05) is 17.7 Å². The van der Waals surface area contributed by atoms with Gasteiger partial charge in [-0.3, -0.25) is 4.79 Å². The summed E-state index contributed by atoms with van der Waals surface area (Å²) in [6, 6.07) is 1.53. The molecule has 0 spiro atoms. The second-order valence-corrected chi connectivity index (χ2v) is 4.59. The normalized spacial score (nSPS) is 12.2. The molecule has 0 saturated carbocycles. The summed E-state index contributed by atoms with van der Waals surface area (Å²) in [5, 5.41) is 2.61. The highest BCUT2D eigenvalue weighted by molar-refractivity contribution is 7.98. The van der Waals surface area contributed by atoms with Gasteiger partial charge in [-0.1, -0.05) is 0 Å². The van der Waals surface area contributed by atoms with Crippen LogP contribution in [-0.2, 0) is 0 Å². The fourth-order valence-electron chi connectivity index (χ4n) is 1.33. The van der Waals surface area contributed by atoms with Crippen molar-refractivity contribution in [2.24, 2.45) is 0 Å². The highest BCUT2D eigenvalue weighted by atomic mass is 32.2. The zero-order valence-corrected chi connectivity index (χ0v) is 10.4. The van der Waals surface area contributed by atoms with Crippen LogP contribution in [0.15, 0.2) is 12.1 Å². The van der Waals surface area contributed by atoms with Crippen molar-refractivity contribution in [3.05, 3.63) is 29.3 Å².